The molecule has 1 atom stereocenters. The molecule has 0 spiro atoms. The van der Waals surface area contributed by atoms with Gasteiger partial charge in [-0.25, -0.2) is 9.37 Å². The lowest BCUT2D eigenvalue weighted by Crippen LogP contribution is -2.32. The second kappa shape index (κ2) is 8.52. The number of carbonyl (C=O) groups is 2. The Balaban J connectivity index is 1.30. The number of hydrogen-bond acceptors (Lipinski definition) is 5. The summed E-state index contributed by atoms with van der Waals surface area (Å²) in [5.41, 5.74) is 2.25. The molecular formula is C25H27FN2O4. The summed E-state index contributed by atoms with van der Waals surface area (Å²) in [5.74, 6) is 1.09. The van der Waals surface area contributed by atoms with Crippen LogP contribution in [-0.4, -0.2) is 35.9 Å². The molecule has 0 radical (unpaired) electrons. The summed E-state index contributed by atoms with van der Waals surface area (Å²) in [5, 5.41) is 0. The van der Waals surface area contributed by atoms with Gasteiger partial charge in [0, 0.05) is 36.2 Å². The summed E-state index contributed by atoms with van der Waals surface area (Å²) in [4.78, 5) is 31.0. The monoisotopic (exact) mass is 438 g/mol. The van der Waals surface area contributed by atoms with Gasteiger partial charge in [-0.2, -0.15) is 0 Å². The fourth-order valence-corrected chi connectivity index (χ4v) is 4.44. The lowest BCUT2D eigenvalue weighted by molar-refractivity contribution is -0.122. The number of aromatic nitrogens is 1. The fourth-order valence-electron chi connectivity index (χ4n) is 4.44. The number of anilines is 1. The maximum atomic E-state index is 14.5. The molecule has 2 aliphatic carbocycles. The summed E-state index contributed by atoms with van der Waals surface area (Å²) in [6.07, 6.45) is 6.35. The van der Waals surface area contributed by atoms with Crippen LogP contribution in [0.1, 0.15) is 60.5 Å². The minimum atomic E-state index is -0.670. The van der Waals surface area contributed by atoms with Crippen molar-refractivity contribution in [3.05, 3.63) is 46.9 Å². The van der Waals surface area contributed by atoms with Crippen molar-refractivity contribution in [1.82, 2.24) is 4.98 Å². The molecule has 168 valence electrons. The number of Topliss-reactive ketones (excluding diaryl/α,β-unsaturated/α-hetero) is 1. The van der Waals surface area contributed by atoms with Gasteiger partial charge in [-0.15, -0.1) is 0 Å². The minimum absolute atomic E-state index is 0.0706. The molecule has 2 fully saturated rings. The van der Waals surface area contributed by atoms with Crippen LogP contribution in [0.25, 0.3) is 0 Å². The number of ketones is 1. The topological polar surface area (TPSA) is 68.7 Å². The van der Waals surface area contributed by atoms with Crippen molar-refractivity contribution >= 4 is 17.4 Å². The molecule has 1 saturated heterocycles. The third kappa shape index (κ3) is 4.08. The number of fused-ring (bicyclic) bond motifs is 1. The average Bonchev–Trinajstić information content (AvgIpc) is 3.44. The average molecular weight is 438 g/mol. The molecule has 1 aromatic carbocycles. The summed E-state index contributed by atoms with van der Waals surface area (Å²) in [6.45, 7) is 3.20. The molecule has 1 aliphatic heterocycles. The van der Waals surface area contributed by atoms with Gasteiger partial charge in [0.2, 0.25) is 5.88 Å². The van der Waals surface area contributed by atoms with Crippen LogP contribution in [-0.2, 0) is 17.6 Å². The molecule has 1 saturated carbocycles. The van der Waals surface area contributed by atoms with Gasteiger partial charge in [0.25, 0.3) is 5.91 Å². The van der Waals surface area contributed by atoms with Gasteiger partial charge >= 0.3 is 0 Å². The lowest BCUT2D eigenvalue weighted by Gasteiger charge is -2.19. The first-order valence-electron chi connectivity index (χ1n) is 11.5. The number of benzene rings is 1. The zero-order chi connectivity index (χ0) is 22.2. The molecule has 32 heavy (non-hydrogen) atoms. The van der Waals surface area contributed by atoms with Crippen LogP contribution in [0.4, 0.5) is 10.1 Å². The van der Waals surface area contributed by atoms with Crippen molar-refractivity contribution in [2.24, 2.45) is 5.92 Å². The highest BCUT2D eigenvalue weighted by Gasteiger charge is 2.36. The van der Waals surface area contributed by atoms with E-state index < -0.39 is 11.9 Å². The van der Waals surface area contributed by atoms with Crippen LogP contribution in [0.3, 0.4) is 0 Å². The molecule has 6 nitrogen and oxygen atoms in total. The van der Waals surface area contributed by atoms with Gasteiger partial charge < -0.3 is 14.4 Å². The number of amides is 1. The van der Waals surface area contributed by atoms with Crippen LogP contribution in [0.5, 0.6) is 11.6 Å². The summed E-state index contributed by atoms with van der Waals surface area (Å²) in [6, 6.07) is 4.90. The highest BCUT2D eigenvalue weighted by molar-refractivity contribution is 6.04. The number of carbonyl (C=O) groups excluding carboxylic acids is 2. The molecule has 0 N–H and O–H groups in total. The van der Waals surface area contributed by atoms with Crippen LogP contribution < -0.4 is 14.4 Å². The van der Waals surface area contributed by atoms with E-state index in [9.17, 15) is 14.0 Å². The second-order valence-electron chi connectivity index (χ2n) is 8.90. The Hall–Kier alpha value is -2.96. The van der Waals surface area contributed by atoms with Crippen molar-refractivity contribution in [1.29, 1.82) is 0 Å². The molecule has 0 bridgehead atoms. The molecule has 2 heterocycles. The van der Waals surface area contributed by atoms with E-state index in [0.717, 1.165) is 18.4 Å². The summed E-state index contributed by atoms with van der Waals surface area (Å²) >= 11 is 0. The third-order valence-corrected chi connectivity index (χ3v) is 6.40. The lowest BCUT2D eigenvalue weighted by atomic mass is 10.1. The Labute approximate surface area is 186 Å². The van der Waals surface area contributed by atoms with Crippen molar-refractivity contribution < 1.29 is 23.5 Å². The fraction of sp³-hybridized carbons (Fsp3) is 0.480. The first kappa shape index (κ1) is 20.9. The smallest absolute Gasteiger partial charge is 0.268 e. The number of aryl methyl sites for hydroxylation is 1. The highest BCUT2D eigenvalue weighted by atomic mass is 19.1. The van der Waals surface area contributed by atoms with E-state index in [-0.39, 0.29) is 11.7 Å². The minimum Gasteiger partial charge on any atom is -0.479 e. The van der Waals surface area contributed by atoms with Crippen LogP contribution in [0, 0.1) is 11.7 Å². The maximum Gasteiger partial charge on any atom is 0.268 e. The second-order valence-corrected chi connectivity index (χ2v) is 8.90. The Bertz CT molecular complexity index is 1070. The van der Waals surface area contributed by atoms with E-state index >= 15 is 0 Å². The van der Waals surface area contributed by atoms with Gasteiger partial charge in [-0.05, 0) is 55.4 Å². The number of hydrogen-bond donors (Lipinski definition) is 0. The molecule has 3 aliphatic rings. The van der Waals surface area contributed by atoms with Gasteiger partial charge in [-0.3, -0.25) is 9.59 Å². The molecular weight excluding hydrogens is 411 g/mol. The molecule has 1 unspecified atom stereocenters. The Kier molecular flexibility index (Phi) is 5.57. The Morgan fingerprint density at radius 1 is 1.16 bits per heavy atom. The van der Waals surface area contributed by atoms with Crippen molar-refractivity contribution in [3.8, 4) is 11.6 Å². The molecule has 1 aromatic heterocycles. The summed E-state index contributed by atoms with van der Waals surface area (Å²) in [7, 11) is 0. The highest BCUT2D eigenvalue weighted by Crippen LogP contribution is 2.33. The summed E-state index contributed by atoms with van der Waals surface area (Å²) < 4.78 is 26.4. The Morgan fingerprint density at radius 3 is 2.78 bits per heavy atom. The van der Waals surface area contributed by atoms with E-state index in [1.807, 2.05) is 6.07 Å². The quantitative estimate of drug-likeness (QED) is 0.616. The zero-order valence-electron chi connectivity index (χ0n) is 18.2. The zero-order valence-corrected chi connectivity index (χ0v) is 18.2. The van der Waals surface area contributed by atoms with E-state index in [0.29, 0.717) is 66.8 Å². The third-order valence-electron chi connectivity index (χ3n) is 6.40. The van der Waals surface area contributed by atoms with Crippen molar-refractivity contribution in [2.75, 3.05) is 18.1 Å². The van der Waals surface area contributed by atoms with E-state index in [1.54, 1.807) is 12.3 Å². The maximum absolute atomic E-state index is 14.5. The predicted molar refractivity (Wildman–Crippen MR) is 117 cm³/mol. The van der Waals surface area contributed by atoms with Crippen molar-refractivity contribution in [3.63, 3.8) is 0 Å². The van der Waals surface area contributed by atoms with E-state index in [1.165, 1.54) is 23.8 Å². The van der Waals surface area contributed by atoms with E-state index in [2.05, 4.69) is 11.9 Å². The number of ether oxygens (including phenoxy) is 2. The molecule has 5 rings (SSSR count). The standard InChI is InChI=1S/C25H27FN2O4/c1-2-3-16-10-18(13-27-24(16)31-14-15-4-5-15)32-23-8-9-28(25(23)30)17-11-20-19(21(26)12-17)6-7-22(20)29/h10-13,15,23H,2-9,14H2,1H3. The first-order valence-corrected chi connectivity index (χ1v) is 11.5. The number of pyridine rings is 1. The van der Waals surface area contributed by atoms with Gasteiger partial charge in [0.05, 0.1) is 12.8 Å². The Morgan fingerprint density at radius 2 is 2.00 bits per heavy atom. The van der Waals surface area contributed by atoms with Crippen LogP contribution in [0.2, 0.25) is 0 Å². The van der Waals surface area contributed by atoms with Crippen LogP contribution >= 0.6 is 0 Å². The molecule has 2 aromatic rings. The van der Waals surface area contributed by atoms with E-state index in [4.69, 9.17) is 9.47 Å². The van der Waals surface area contributed by atoms with Gasteiger partial charge in [0.15, 0.2) is 11.9 Å². The number of halogens is 1. The van der Waals surface area contributed by atoms with Gasteiger partial charge in [0.1, 0.15) is 11.6 Å². The first-order chi connectivity index (χ1) is 15.5. The molecule has 7 heteroatoms. The number of nitrogens with zero attached hydrogens (tertiary/aromatic N) is 2. The van der Waals surface area contributed by atoms with Crippen LogP contribution in [0.15, 0.2) is 24.4 Å². The van der Waals surface area contributed by atoms with Crippen molar-refractivity contribution in [2.45, 2.75) is 58.0 Å². The van der Waals surface area contributed by atoms with Gasteiger partial charge in [-0.1, -0.05) is 13.3 Å². The number of rotatable bonds is 8. The predicted octanol–water partition coefficient (Wildman–Crippen LogP) is 4.28. The largest absolute Gasteiger partial charge is 0.479 e. The SMILES string of the molecule is CCCc1cc(OC2CCN(c3cc(F)c4c(c3)C(=O)CC4)C2=O)cnc1OCC1CC1. The molecule has 1 amide bonds. The normalized spacial score (nSPS) is 20.1.